The minimum Gasteiger partial charge on any atom is -0.486 e. The van der Waals surface area contributed by atoms with Gasteiger partial charge in [-0.3, -0.25) is 10.1 Å². The molecule has 0 aliphatic carbocycles. The van der Waals surface area contributed by atoms with Gasteiger partial charge in [0.2, 0.25) is 15.2 Å². The quantitative estimate of drug-likeness (QED) is 0.497. The van der Waals surface area contributed by atoms with E-state index in [2.05, 4.69) is 15.5 Å². The molecule has 9 nitrogen and oxygen atoms in total. The lowest BCUT2D eigenvalue weighted by atomic mass is 10.2. The predicted octanol–water partition coefficient (Wildman–Crippen LogP) is 3.70. The lowest BCUT2D eigenvalue weighted by Gasteiger charge is -2.26. The van der Waals surface area contributed by atoms with Crippen LogP contribution in [0, 0.1) is 0 Å². The molecule has 2 aromatic carbocycles. The minimum atomic E-state index is -3.78. The molecule has 0 spiro atoms. The number of halogens is 2. The van der Waals surface area contributed by atoms with Crippen molar-refractivity contribution in [3.05, 3.63) is 63.1 Å². The fourth-order valence-corrected chi connectivity index (χ4v) is 5.39. The molecule has 1 saturated heterocycles. The van der Waals surface area contributed by atoms with Gasteiger partial charge in [0.15, 0.2) is 5.01 Å². The van der Waals surface area contributed by atoms with Crippen molar-refractivity contribution in [3.8, 4) is 5.75 Å². The van der Waals surface area contributed by atoms with Crippen molar-refractivity contribution in [1.29, 1.82) is 0 Å². The lowest BCUT2D eigenvalue weighted by Crippen LogP contribution is -2.40. The van der Waals surface area contributed by atoms with E-state index >= 15 is 0 Å². The molecule has 33 heavy (non-hydrogen) atoms. The number of nitrogens with zero attached hydrogens (tertiary/aromatic N) is 3. The van der Waals surface area contributed by atoms with Gasteiger partial charge < -0.3 is 9.47 Å². The van der Waals surface area contributed by atoms with Crippen LogP contribution in [0.2, 0.25) is 10.0 Å². The number of nitrogens with one attached hydrogen (secondary N) is 1. The molecule has 0 bridgehead atoms. The fraction of sp³-hybridized carbons (Fsp3) is 0.250. The van der Waals surface area contributed by atoms with Gasteiger partial charge in [-0.25, -0.2) is 8.42 Å². The summed E-state index contributed by atoms with van der Waals surface area (Å²) in [7, 11) is -3.78. The normalized spacial score (nSPS) is 14.7. The highest BCUT2D eigenvalue weighted by Crippen LogP contribution is 2.26. The van der Waals surface area contributed by atoms with Crippen molar-refractivity contribution in [2.24, 2.45) is 0 Å². The fourth-order valence-electron chi connectivity index (χ4n) is 2.98. The Kier molecular flexibility index (Phi) is 7.47. The maximum absolute atomic E-state index is 12.9. The largest absolute Gasteiger partial charge is 0.486 e. The van der Waals surface area contributed by atoms with E-state index in [1.165, 1.54) is 22.5 Å². The molecule has 1 amide bonds. The van der Waals surface area contributed by atoms with Gasteiger partial charge in [0, 0.05) is 18.1 Å². The number of sulfonamides is 1. The van der Waals surface area contributed by atoms with Crippen LogP contribution in [-0.4, -0.2) is 55.1 Å². The zero-order valence-electron chi connectivity index (χ0n) is 17.0. The maximum atomic E-state index is 12.9. The number of amides is 1. The van der Waals surface area contributed by atoms with Gasteiger partial charge in [-0.05, 0) is 42.5 Å². The standard InChI is InChI=1S/C20H18Cl2N4O5S2/c21-13-1-3-14(4-2-13)31-12-18-24-25-20(32-18)23-19(27)16-11-15(5-6-17(16)22)33(28,29)26-7-9-30-10-8-26/h1-6,11H,7-10,12H2,(H,23,25,27). The molecule has 0 atom stereocenters. The Balaban J connectivity index is 1.44. The Morgan fingerprint density at radius 2 is 1.85 bits per heavy atom. The first-order chi connectivity index (χ1) is 15.8. The maximum Gasteiger partial charge on any atom is 0.259 e. The molecule has 1 fully saturated rings. The van der Waals surface area contributed by atoms with Crippen LogP contribution in [0.3, 0.4) is 0 Å². The summed E-state index contributed by atoms with van der Waals surface area (Å²) < 4.78 is 37.9. The Morgan fingerprint density at radius 3 is 2.58 bits per heavy atom. The first-order valence-electron chi connectivity index (χ1n) is 9.72. The highest BCUT2D eigenvalue weighted by molar-refractivity contribution is 7.89. The summed E-state index contributed by atoms with van der Waals surface area (Å²) in [6, 6.07) is 10.9. The van der Waals surface area contributed by atoms with E-state index in [0.717, 1.165) is 11.3 Å². The lowest BCUT2D eigenvalue weighted by molar-refractivity contribution is 0.0730. The molecule has 1 aliphatic rings. The average Bonchev–Trinajstić information content (AvgIpc) is 3.26. The monoisotopic (exact) mass is 528 g/mol. The van der Waals surface area contributed by atoms with Gasteiger partial charge in [0.25, 0.3) is 5.91 Å². The highest BCUT2D eigenvalue weighted by Gasteiger charge is 2.27. The summed E-state index contributed by atoms with van der Waals surface area (Å²) in [5, 5.41) is 12.0. The molecular weight excluding hydrogens is 511 g/mol. The van der Waals surface area contributed by atoms with E-state index in [0.29, 0.717) is 29.0 Å². The van der Waals surface area contributed by atoms with E-state index in [1.54, 1.807) is 24.3 Å². The van der Waals surface area contributed by atoms with Crippen LogP contribution < -0.4 is 10.1 Å². The van der Waals surface area contributed by atoms with Crippen LogP contribution >= 0.6 is 34.5 Å². The number of morpholine rings is 1. The minimum absolute atomic E-state index is 0.0140. The molecule has 1 N–H and O–H groups in total. The van der Waals surface area contributed by atoms with E-state index in [1.807, 2.05) is 0 Å². The predicted molar refractivity (Wildman–Crippen MR) is 125 cm³/mol. The molecule has 0 radical (unpaired) electrons. The second-order valence-electron chi connectivity index (χ2n) is 6.86. The molecule has 1 aromatic heterocycles. The number of rotatable bonds is 7. The second-order valence-corrected chi connectivity index (χ2v) is 10.7. The van der Waals surface area contributed by atoms with Gasteiger partial charge in [0.05, 0.1) is 28.7 Å². The first-order valence-corrected chi connectivity index (χ1v) is 12.7. The number of ether oxygens (including phenoxy) is 2. The number of carbonyl (C=O) groups excluding carboxylic acids is 1. The number of anilines is 1. The van der Waals surface area contributed by atoms with Crippen LogP contribution in [0.25, 0.3) is 0 Å². The van der Waals surface area contributed by atoms with Crippen LogP contribution in [0.4, 0.5) is 5.13 Å². The van der Waals surface area contributed by atoms with Crippen LogP contribution in [0.5, 0.6) is 5.75 Å². The van der Waals surface area contributed by atoms with Crippen molar-refractivity contribution < 1.29 is 22.7 Å². The molecule has 174 valence electrons. The van der Waals surface area contributed by atoms with Gasteiger partial charge in [-0.1, -0.05) is 34.5 Å². The first kappa shape index (κ1) is 23.9. The summed E-state index contributed by atoms with van der Waals surface area (Å²) in [6.07, 6.45) is 0. The van der Waals surface area contributed by atoms with E-state index in [4.69, 9.17) is 32.7 Å². The Hall–Kier alpha value is -2.28. The van der Waals surface area contributed by atoms with Gasteiger partial charge in [-0.15, -0.1) is 10.2 Å². The summed E-state index contributed by atoms with van der Waals surface area (Å²) in [6.45, 7) is 1.29. The third-order valence-corrected chi connectivity index (χ3v) is 7.94. The van der Waals surface area contributed by atoms with Crippen molar-refractivity contribution in [1.82, 2.24) is 14.5 Å². The van der Waals surface area contributed by atoms with E-state index < -0.39 is 15.9 Å². The molecule has 3 aromatic rings. The van der Waals surface area contributed by atoms with Crippen LogP contribution in [0.1, 0.15) is 15.4 Å². The average molecular weight is 529 g/mol. The molecule has 1 aliphatic heterocycles. The number of aromatic nitrogens is 2. The third-order valence-electron chi connectivity index (χ3n) is 4.65. The van der Waals surface area contributed by atoms with Crippen LogP contribution in [-0.2, 0) is 21.4 Å². The number of carbonyl (C=O) groups is 1. The number of hydrogen-bond acceptors (Lipinski definition) is 8. The molecule has 13 heteroatoms. The van der Waals surface area contributed by atoms with Gasteiger partial charge in [-0.2, -0.15) is 4.31 Å². The summed E-state index contributed by atoms with van der Waals surface area (Å²) >= 11 is 13.2. The zero-order valence-corrected chi connectivity index (χ0v) is 20.2. The third kappa shape index (κ3) is 5.81. The molecule has 2 heterocycles. The number of benzene rings is 2. The molecule has 4 rings (SSSR count). The summed E-state index contributed by atoms with van der Waals surface area (Å²) in [5.74, 6) is 0.0191. The van der Waals surface area contributed by atoms with E-state index in [-0.39, 0.29) is 40.3 Å². The second kappa shape index (κ2) is 10.3. The highest BCUT2D eigenvalue weighted by atomic mass is 35.5. The Morgan fingerprint density at radius 1 is 1.12 bits per heavy atom. The zero-order chi connectivity index (χ0) is 23.4. The summed E-state index contributed by atoms with van der Waals surface area (Å²) in [4.78, 5) is 12.8. The van der Waals surface area contributed by atoms with E-state index in [9.17, 15) is 13.2 Å². The number of hydrogen-bond donors (Lipinski definition) is 1. The van der Waals surface area contributed by atoms with Crippen molar-refractivity contribution in [2.75, 3.05) is 31.6 Å². The molecule has 0 saturated carbocycles. The Bertz CT molecular complexity index is 1250. The molecule has 0 unspecified atom stereocenters. The van der Waals surface area contributed by atoms with Crippen LogP contribution in [0.15, 0.2) is 47.4 Å². The molecular formula is C20H18Cl2N4O5S2. The SMILES string of the molecule is O=C(Nc1nnc(COc2ccc(Cl)cc2)s1)c1cc(S(=O)(=O)N2CCOCC2)ccc1Cl. The van der Waals surface area contributed by atoms with Crippen molar-refractivity contribution in [3.63, 3.8) is 0 Å². The topological polar surface area (TPSA) is 111 Å². The van der Waals surface area contributed by atoms with Gasteiger partial charge in [0.1, 0.15) is 12.4 Å². The smallest absolute Gasteiger partial charge is 0.259 e. The van der Waals surface area contributed by atoms with Gasteiger partial charge >= 0.3 is 0 Å². The van der Waals surface area contributed by atoms with Crippen molar-refractivity contribution in [2.45, 2.75) is 11.5 Å². The Labute approximate surface area is 204 Å². The van der Waals surface area contributed by atoms with Crippen molar-refractivity contribution >= 4 is 55.6 Å². The summed E-state index contributed by atoms with van der Waals surface area (Å²) in [5.41, 5.74) is 0.0140.